The number of nitrogens with one attached hydrogen (secondary N) is 1. The van der Waals surface area contributed by atoms with E-state index in [1.165, 1.54) is 19.3 Å². The number of ether oxygens (including phenoxy) is 3. The molecule has 1 aromatic rings. The largest absolute Gasteiger partial charge is 0.470 e. The first-order valence-electron chi connectivity index (χ1n) is 11.1. The molecule has 1 aliphatic heterocycles. The van der Waals surface area contributed by atoms with Crippen molar-refractivity contribution >= 4 is 23.5 Å². The minimum absolute atomic E-state index is 0.0774. The van der Waals surface area contributed by atoms with E-state index >= 15 is 0 Å². The smallest absolute Gasteiger partial charge is 0.306 e. The first kappa shape index (κ1) is 24.8. The van der Waals surface area contributed by atoms with E-state index in [9.17, 15) is 4.79 Å². The Labute approximate surface area is 185 Å². The lowest BCUT2D eigenvalue weighted by molar-refractivity contribution is -0.150. The Kier molecular flexibility index (Phi) is 10.8. The molecule has 0 amide bonds. The molecule has 8 nitrogen and oxygen atoms in total. The van der Waals surface area contributed by atoms with E-state index in [1.54, 1.807) is 0 Å². The quantitative estimate of drug-likeness (QED) is 0.367. The normalized spacial score (nSPS) is 15.8. The Hall–Kier alpha value is -1.45. The number of anilines is 1. The van der Waals surface area contributed by atoms with E-state index in [0.717, 1.165) is 43.5 Å². The predicted octanol–water partition coefficient (Wildman–Crippen LogP) is 3.41. The first-order valence-corrected chi connectivity index (χ1v) is 11.8. The summed E-state index contributed by atoms with van der Waals surface area (Å²) in [6, 6.07) is 0. The summed E-state index contributed by atoms with van der Waals surface area (Å²) >= 11 is 1.13. The first-order chi connectivity index (χ1) is 14.4. The number of rotatable bonds is 13. The third-order valence-electron chi connectivity index (χ3n) is 4.80. The zero-order valence-corrected chi connectivity index (χ0v) is 19.8. The van der Waals surface area contributed by atoms with Crippen LogP contribution in [0.4, 0.5) is 5.82 Å². The van der Waals surface area contributed by atoms with Gasteiger partial charge in [0.15, 0.2) is 0 Å². The molecule has 2 heterocycles. The fourth-order valence-electron chi connectivity index (χ4n) is 3.08. The summed E-state index contributed by atoms with van der Waals surface area (Å²) in [6.07, 6.45) is 5.59. The maximum absolute atomic E-state index is 12.3. The van der Waals surface area contributed by atoms with Gasteiger partial charge < -0.3 is 24.4 Å². The lowest BCUT2D eigenvalue weighted by Gasteiger charge is -2.27. The molecule has 0 unspecified atom stereocenters. The molecule has 30 heavy (non-hydrogen) atoms. The fraction of sp³-hybridized carbons (Fsp3) is 0.857. The van der Waals surface area contributed by atoms with Gasteiger partial charge in [0.05, 0.1) is 24.9 Å². The second kappa shape index (κ2) is 13.1. The number of unbranched alkanes of at least 4 members (excludes halogenated alkanes) is 4. The summed E-state index contributed by atoms with van der Waals surface area (Å²) in [4.78, 5) is 14.5. The number of nitrogens with zero attached hydrogens (tertiary/aromatic N) is 3. The van der Waals surface area contributed by atoms with Crippen LogP contribution in [-0.2, 0) is 14.3 Å². The van der Waals surface area contributed by atoms with Crippen LogP contribution in [0.15, 0.2) is 0 Å². The lowest BCUT2D eigenvalue weighted by Crippen LogP contribution is -2.44. The van der Waals surface area contributed by atoms with Crippen LogP contribution in [0, 0.1) is 0 Å². The molecule has 0 bridgehead atoms. The van der Waals surface area contributed by atoms with Crippen molar-refractivity contribution < 1.29 is 19.0 Å². The summed E-state index contributed by atoms with van der Waals surface area (Å²) < 4.78 is 25.8. The molecule has 0 aromatic carbocycles. The third-order valence-corrected chi connectivity index (χ3v) is 5.30. The van der Waals surface area contributed by atoms with Crippen molar-refractivity contribution in [1.82, 2.24) is 14.1 Å². The van der Waals surface area contributed by atoms with Gasteiger partial charge in [0.1, 0.15) is 12.7 Å². The predicted molar refractivity (Wildman–Crippen MR) is 119 cm³/mol. The highest BCUT2D eigenvalue weighted by Gasteiger charge is 2.23. The fourth-order valence-corrected chi connectivity index (χ4v) is 3.60. The molecular formula is C21H38N4O4S. The Balaban J connectivity index is 1.87. The monoisotopic (exact) mass is 442 g/mol. The topological polar surface area (TPSA) is 85.8 Å². The second-order valence-corrected chi connectivity index (χ2v) is 9.24. The summed E-state index contributed by atoms with van der Waals surface area (Å²) in [6.45, 7) is 12.1. The van der Waals surface area contributed by atoms with Crippen molar-refractivity contribution in [2.45, 2.75) is 77.9 Å². The minimum Gasteiger partial charge on any atom is -0.470 e. The number of carbonyl (C=O) groups excluding carboxylic acids is 1. The van der Waals surface area contributed by atoms with Crippen LogP contribution >= 0.6 is 11.7 Å². The van der Waals surface area contributed by atoms with Gasteiger partial charge in [-0.05, 0) is 27.2 Å². The van der Waals surface area contributed by atoms with Crippen molar-refractivity contribution in [1.29, 1.82) is 0 Å². The second-order valence-electron chi connectivity index (χ2n) is 8.71. The molecule has 1 N–H and O–H groups in total. The Bertz CT molecular complexity index is 614. The van der Waals surface area contributed by atoms with Gasteiger partial charge in [0.25, 0.3) is 5.88 Å². The number of hydrogen-bond acceptors (Lipinski definition) is 9. The average molecular weight is 443 g/mol. The number of esters is 1. The maximum Gasteiger partial charge on any atom is 0.306 e. The van der Waals surface area contributed by atoms with E-state index < -0.39 is 0 Å². The van der Waals surface area contributed by atoms with Crippen LogP contribution in [0.2, 0.25) is 0 Å². The zero-order chi connectivity index (χ0) is 21.8. The van der Waals surface area contributed by atoms with E-state index in [2.05, 4.69) is 46.7 Å². The van der Waals surface area contributed by atoms with Gasteiger partial charge in [-0.2, -0.15) is 4.37 Å². The molecule has 1 atom stereocenters. The lowest BCUT2D eigenvalue weighted by atomic mass is 10.1. The minimum atomic E-state index is -0.383. The van der Waals surface area contributed by atoms with Crippen molar-refractivity contribution in [3.8, 4) is 5.88 Å². The molecule has 0 radical (unpaired) electrons. The van der Waals surface area contributed by atoms with E-state index in [-0.39, 0.29) is 24.2 Å². The molecule has 1 fully saturated rings. The summed E-state index contributed by atoms with van der Waals surface area (Å²) in [5.41, 5.74) is -0.0774. The zero-order valence-electron chi connectivity index (χ0n) is 18.9. The van der Waals surface area contributed by atoms with Gasteiger partial charge in [-0.1, -0.05) is 32.6 Å². The van der Waals surface area contributed by atoms with Crippen molar-refractivity contribution in [2.75, 3.05) is 44.4 Å². The molecule has 1 aromatic heterocycles. The van der Waals surface area contributed by atoms with E-state index in [1.807, 2.05) is 0 Å². The molecule has 0 saturated carbocycles. The van der Waals surface area contributed by atoms with Crippen LogP contribution in [-0.4, -0.2) is 65.8 Å². The molecule has 172 valence electrons. The Morgan fingerprint density at radius 2 is 1.93 bits per heavy atom. The molecular weight excluding hydrogens is 404 g/mol. The van der Waals surface area contributed by atoms with Crippen LogP contribution in [0.3, 0.4) is 0 Å². The Morgan fingerprint density at radius 1 is 1.20 bits per heavy atom. The van der Waals surface area contributed by atoms with Crippen molar-refractivity contribution in [3.63, 3.8) is 0 Å². The summed E-state index contributed by atoms with van der Waals surface area (Å²) in [7, 11) is 0. The van der Waals surface area contributed by atoms with Crippen LogP contribution in [0.25, 0.3) is 0 Å². The molecule has 1 saturated heterocycles. The molecule has 9 heteroatoms. The molecule has 2 rings (SSSR count). The third kappa shape index (κ3) is 9.57. The van der Waals surface area contributed by atoms with E-state index in [0.29, 0.717) is 32.1 Å². The molecule has 0 spiro atoms. The average Bonchev–Trinajstić information content (AvgIpc) is 3.18. The number of hydrogen-bond donors (Lipinski definition) is 1. The van der Waals surface area contributed by atoms with Crippen LogP contribution < -0.4 is 15.0 Å². The van der Waals surface area contributed by atoms with Gasteiger partial charge in [0, 0.05) is 31.6 Å². The van der Waals surface area contributed by atoms with Gasteiger partial charge in [-0.15, -0.1) is 4.37 Å². The number of morpholine rings is 1. The van der Waals surface area contributed by atoms with Crippen molar-refractivity contribution in [2.24, 2.45) is 0 Å². The highest BCUT2D eigenvalue weighted by molar-refractivity contribution is 6.99. The van der Waals surface area contributed by atoms with Gasteiger partial charge in [0.2, 0.25) is 5.82 Å². The molecule has 0 aliphatic carbocycles. The highest BCUT2D eigenvalue weighted by Crippen LogP contribution is 2.26. The Morgan fingerprint density at radius 3 is 2.63 bits per heavy atom. The van der Waals surface area contributed by atoms with Gasteiger partial charge in [-0.25, -0.2) is 0 Å². The van der Waals surface area contributed by atoms with Crippen molar-refractivity contribution in [3.05, 3.63) is 0 Å². The van der Waals surface area contributed by atoms with Gasteiger partial charge in [-0.3, -0.25) is 4.79 Å². The maximum atomic E-state index is 12.3. The summed E-state index contributed by atoms with van der Waals surface area (Å²) in [5.74, 6) is 1.08. The number of aromatic nitrogens is 2. The highest BCUT2D eigenvalue weighted by atomic mass is 32.1. The standard InChI is InChI=1S/C21H38N4O4S/c1-5-6-7-8-9-10-18(26)29-17(15-22-21(2,3)4)16-28-20-19(23-30-24-20)25-11-13-27-14-12-25/h17,22H,5-16H2,1-4H3/t17-/m0/s1. The van der Waals surface area contributed by atoms with Crippen LogP contribution in [0.5, 0.6) is 5.88 Å². The SMILES string of the molecule is CCCCCCCC(=O)O[C@@H](CNC(C)(C)C)COc1nsnc1N1CCOCC1. The summed E-state index contributed by atoms with van der Waals surface area (Å²) in [5, 5.41) is 3.40. The molecule has 1 aliphatic rings. The van der Waals surface area contributed by atoms with E-state index in [4.69, 9.17) is 14.2 Å². The number of carbonyl (C=O) groups is 1. The van der Waals surface area contributed by atoms with Crippen LogP contribution in [0.1, 0.15) is 66.2 Å². The van der Waals surface area contributed by atoms with Gasteiger partial charge >= 0.3 is 5.97 Å².